The van der Waals surface area contributed by atoms with Crippen molar-refractivity contribution in [2.24, 2.45) is 0 Å². The molecule has 1 saturated carbocycles. The third-order valence-corrected chi connectivity index (χ3v) is 3.02. The number of hydrogen-bond donors (Lipinski definition) is 1. The maximum Gasteiger partial charge on any atom is 0.325 e. The van der Waals surface area contributed by atoms with E-state index in [1.165, 1.54) is 7.11 Å². The van der Waals surface area contributed by atoms with E-state index in [1.54, 1.807) is 0 Å². The molecule has 110 valence electrons. The number of methoxy groups -OCH3 is 1. The standard InChI is InChI=1S/C15H21NO4/c1-18-15(17)14(16-12-7-8-12)11-19-9-10-20-13-5-3-2-4-6-13/h2-6,12,14,16H,7-11H2,1H3. The average Bonchev–Trinajstić information content (AvgIpc) is 3.30. The molecule has 0 bridgehead atoms. The first-order valence-corrected chi connectivity index (χ1v) is 6.89. The fraction of sp³-hybridized carbons (Fsp3) is 0.533. The minimum atomic E-state index is -0.385. The number of ether oxygens (including phenoxy) is 3. The van der Waals surface area contributed by atoms with E-state index >= 15 is 0 Å². The van der Waals surface area contributed by atoms with Crippen LogP contribution < -0.4 is 10.1 Å². The van der Waals surface area contributed by atoms with Gasteiger partial charge in [0, 0.05) is 6.04 Å². The maximum absolute atomic E-state index is 11.6. The second kappa shape index (κ2) is 7.87. The molecule has 1 atom stereocenters. The summed E-state index contributed by atoms with van der Waals surface area (Å²) in [6.07, 6.45) is 2.23. The number of carbonyl (C=O) groups excluding carboxylic acids is 1. The normalized spacial score (nSPS) is 15.7. The van der Waals surface area contributed by atoms with E-state index in [1.807, 2.05) is 30.3 Å². The Labute approximate surface area is 119 Å². The molecule has 20 heavy (non-hydrogen) atoms. The summed E-state index contributed by atoms with van der Waals surface area (Å²) >= 11 is 0. The molecule has 1 N–H and O–H groups in total. The van der Waals surface area contributed by atoms with Crippen molar-refractivity contribution in [1.82, 2.24) is 5.32 Å². The summed E-state index contributed by atoms with van der Waals surface area (Å²) in [6.45, 7) is 1.21. The summed E-state index contributed by atoms with van der Waals surface area (Å²) in [5, 5.41) is 3.21. The van der Waals surface area contributed by atoms with Crippen LogP contribution in [0, 0.1) is 0 Å². The number of hydrogen-bond acceptors (Lipinski definition) is 5. The Bertz CT molecular complexity index is 406. The molecule has 0 aromatic heterocycles. The Kier molecular flexibility index (Phi) is 5.83. The molecule has 0 saturated heterocycles. The molecule has 1 aromatic carbocycles. The molecule has 0 amide bonds. The third kappa shape index (κ3) is 5.19. The van der Waals surface area contributed by atoms with Gasteiger partial charge in [0.25, 0.3) is 0 Å². The number of carbonyl (C=O) groups is 1. The smallest absolute Gasteiger partial charge is 0.325 e. The van der Waals surface area contributed by atoms with Crippen LogP contribution in [0.15, 0.2) is 30.3 Å². The number of para-hydroxylation sites is 1. The van der Waals surface area contributed by atoms with Crippen molar-refractivity contribution in [3.05, 3.63) is 30.3 Å². The summed E-state index contributed by atoms with van der Waals surface area (Å²) < 4.78 is 15.7. The van der Waals surface area contributed by atoms with Crippen LogP contribution in [-0.2, 0) is 14.3 Å². The molecule has 1 aromatic rings. The number of nitrogens with one attached hydrogen (secondary N) is 1. The van der Waals surface area contributed by atoms with Crippen molar-refractivity contribution in [3.8, 4) is 5.75 Å². The van der Waals surface area contributed by atoms with Crippen LogP contribution >= 0.6 is 0 Å². The summed E-state index contributed by atoms with van der Waals surface area (Å²) in [5.74, 6) is 0.539. The first kappa shape index (κ1) is 14.8. The highest BCUT2D eigenvalue weighted by atomic mass is 16.5. The van der Waals surface area contributed by atoms with Gasteiger partial charge in [-0.05, 0) is 25.0 Å². The lowest BCUT2D eigenvalue weighted by molar-refractivity contribution is -0.145. The van der Waals surface area contributed by atoms with Gasteiger partial charge in [0.1, 0.15) is 18.4 Å². The molecule has 1 fully saturated rings. The van der Waals surface area contributed by atoms with E-state index < -0.39 is 0 Å². The molecular weight excluding hydrogens is 258 g/mol. The first-order chi connectivity index (χ1) is 9.79. The minimum Gasteiger partial charge on any atom is -0.491 e. The van der Waals surface area contributed by atoms with E-state index in [9.17, 15) is 4.79 Å². The Balaban J connectivity index is 1.61. The zero-order chi connectivity index (χ0) is 14.2. The highest BCUT2D eigenvalue weighted by Gasteiger charge is 2.28. The lowest BCUT2D eigenvalue weighted by atomic mass is 10.3. The highest BCUT2D eigenvalue weighted by Crippen LogP contribution is 2.19. The molecule has 5 heteroatoms. The lowest BCUT2D eigenvalue weighted by Gasteiger charge is -2.16. The molecule has 5 nitrogen and oxygen atoms in total. The van der Waals surface area contributed by atoms with Gasteiger partial charge in [0.2, 0.25) is 0 Å². The highest BCUT2D eigenvalue weighted by molar-refractivity contribution is 5.75. The molecule has 1 aliphatic rings. The van der Waals surface area contributed by atoms with Gasteiger partial charge in [-0.15, -0.1) is 0 Å². The van der Waals surface area contributed by atoms with Crippen LogP contribution in [0.25, 0.3) is 0 Å². The fourth-order valence-corrected chi connectivity index (χ4v) is 1.80. The van der Waals surface area contributed by atoms with E-state index in [0.29, 0.717) is 25.9 Å². The van der Waals surface area contributed by atoms with E-state index in [-0.39, 0.29) is 12.0 Å². The molecular formula is C15H21NO4. The predicted molar refractivity (Wildman–Crippen MR) is 74.7 cm³/mol. The van der Waals surface area contributed by atoms with E-state index in [2.05, 4.69) is 5.32 Å². The van der Waals surface area contributed by atoms with Gasteiger partial charge >= 0.3 is 5.97 Å². The lowest BCUT2D eigenvalue weighted by Crippen LogP contribution is -2.42. The van der Waals surface area contributed by atoms with E-state index in [4.69, 9.17) is 14.2 Å². The van der Waals surface area contributed by atoms with Gasteiger partial charge in [0.05, 0.1) is 20.3 Å². The minimum absolute atomic E-state index is 0.277. The van der Waals surface area contributed by atoms with Crippen LogP contribution in [0.2, 0.25) is 0 Å². The van der Waals surface area contributed by atoms with Gasteiger partial charge in [0.15, 0.2) is 0 Å². The van der Waals surface area contributed by atoms with Crippen LogP contribution in [0.5, 0.6) is 5.75 Å². The Morgan fingerprint density at radius 3 is 2.70 bits per heavy atom. The van der Waals surface area contributed by atoms with Crippen molar-refractivity contribution in [2.75, 3.05) is 26.9 Å². The van der Waals surface area contributed by atoms with Gasteiger partial charge in [-0.2, -0.15) is 0 Å². The van der Waals surface area contributed by atoms with Crippen LogP contribution in [0.1, 0.15) is 12.8 Å². The summed E-state index contributed by atoms with van der Waals surface area (Å²) in [7, 11) is 1.39. The molecule has 1 unspecified atom stereocenters. The molecule has 0 radical (unpaired) electrons. The molecule has 1 aliphatic carbocycles. The summed E-state index contributed by atoms with van der Waals surface area (Å²) in [5.41, 5.74) is 0. The van der Waals surface area contributed by atoms with Gasteiger partial charge in [-0.1, -0.05) is 18.2 Å². The molecule has 2 rings (SSSR count). The van der Waals surface area contributed by atoms with Gasteiger partial charge < -0.3 is 14.2 Å². The Morgan fingerprint density at radius 2 is 2.05 bits per heavy atom. The monoisotopic (exact) mass is 279 g/mol. The van der Waals surface area contributed by atoms with Gasteiger partial charge in [-0.3, -0.25) is 10.1 Å². The van der Waals surface area contributed by atoms with Crippen molar-refractivity contribution in [1.29, 1.82) is 0 Å². The number of benzene rings is 1. The number of esters is 1. The van der Waals surface area contributed by atoms with Crippen LogP contribution in [-0.4, -0.2) is 45.0 Å². The zero-order valence-electron chi connectivity index (χ0n) is 11.7. The largest absolute Gasteiger partial charge is 0.491 e. The quantitative estimate of drug-likeness (QED) is 0.546. The predicted octanol–water partition coefficient (Wildman–Crippen LogP) is 1.38. The molecule has 0 spiro atoms. The fourth-order valence-electron chi connectivity index (χ4n) is 1.80. The van der Waals surface area contributed by atoms with Crippen molar-refractivity contribution >= 4 is 5.97 Å². The third-order valence-electron chi connectivity index (χ3n) is 3.02. The van der Waals surface area contributed by atoms with Gasteiger partial charge in [-0.25, -0.2) is 0 Å². The van der Waals surface area contributed by atoms with Crippen LogP contribution in [0.3, 0.4) is 0 Å². The van der Waals surface area contributed by atoms with E-state index in [0.717, 1.165) is 18.6 Å². The van der Waals surface area contributed by atoms with Crippen molar-refractivity contribution < 1.29 is 19.0 Å². The Hall–Kier alpha value is -1.59. The summed E-state index contributed by atoms with van der Waals surface area (Å²) in [4.78, 5) is 11.6. The first-order valence-electron chi connectivity index (χ1n) is 6.89. The van der Waals surface area contributed by atoms with Crippen LogP contribution in [0.4, 0.5) is 0 Å². The summed E-state index contributed by atoms with van der Waals surface area (Å²) in [6, 6.07) is 9.62. The topological polar surface area (TPSA) is 56.8 Å². The SMILES string of the molecule is COC(=O)C(COCCOc1ccccc1)NC1CC1. The zero-order valence-corrected chi connectivity index (χ0v) is 11.7. The van der Waals surface area contributed by atoms with Crippen molar-refractivity contribution in [3.63, 3.8) is 0 Å². The maximum atomic E-state index is 11.6. The second-order valence-corrected chi connectivity index (χ2v) is 4.75. The second-order valence-electron chi connectivity index (χ2n) is 4.75. The molecule has 0 aliphatic heterocycles. The average molecular weight is 279 g/mol. The molecule has 0 heterocycles. The van der Waals surface area contributed by atoms with Crippen molar-refractivity contribution in [2.45, 2.75) is 24.9 Å². The number of rotatable bonds is 9. The Morgan fingerprint density at radius 1 is 1.30 bits per heavy atom.